The number of benzene rings is 1. The molecule has 8 nitrogen and oxygen atoms in total. The van der Waals surface area contributed by atoms with Crippen molar-refractivity contribution < 1.29 is 37.4 Å². The molecule has 2 saturated carbocycles. The van der Waals surface area contributed by atoms with Gasteiger partial charge in [-0.25, -0.2) is 13.2 Å². The van der Waals surface area contributed by atoms with Crippen molar-refractivity contribution in [3.05, 3.63) is 57.2 Å². The van der Waals surface area contributed by atoms with E-state index in [1.54, 1.807) is 17.4 Å². The number of Topliss-reactive ketones (excluding diaryl/α,β-unsaturated/α-hetero) is 2. The van der Waals surface area contributed by atoms with E-state index < -0.39 is 27.3 Å². The van der Waals surface area contributed by atoms with Crippen LogP contribution in [-0.2, 0) is 35.7 Å². The number of ether oxygens (including phenoxy) is 1. The van der Waals surface area contributed by atoms with E-state index in [4.69, 9.17) is 16.3 Å². The molecule has 0 amide bonds. The van der Waals surface area contributed by atoms with Gasteiger partial charge in [0.25, 0.3) is 0 Å². The van der Waals surface area contributed by atoms with E-state index >= 15 is 0 Å². The molecule has 216 valence electrons. The minimum Gasteiger partial charge on any atom is -0.748 e. The lowest BCUT2D eigenvalue weighted by Gasteiger charge is -2.37. The predicted molar refractivity (Wildman–Crippen MR) is 151 cm³/mol. The molecule has 0 unspecified atom stereocenters. The third-order valence-electron chi connectivity index (χ3n) is 7.63. The van der Waals surface area contributed by atoms with Gasteiger partial charge < -0.3 is 19.4 Å². The van der Waals surface area contributed by atoms with Gasteiger partial charge in [-0.2, -0.15) is 0 Å². The van der Waals surface area contributed by atoms with Crippen LogP contribution in [0.1, 0.15) is 63.4 Å². The Balaban J connectivity index is 0.000000248. The molecule has 1 heterocycles. The number of hydrogen-bond acceptors (Lipinski definition) is 8. The van der Waals surface area contributed by atoms with Crippen LogP contribution in [0.3, 0.4) is 0 Å². The number of carbonyl (C=O) groups excluding carboxylic acids is 3. The van der Waals surface area contributed by atoms with Crippen molar-refractivity contribution in [3.63, 3.8) is 0 Å². The Labute approximate surface area is 240 Å². The van der Waals surface area contributed by atoms with Crippen molar-refractivity contribution in [1.29, 1.82) is 0 Å². The van der Waals surface area contributed by atoms with Gasteiger partial charge in [0.2, 0.25) is 6.04 Å². The molecule has 0 spiro atoms. The zero-order chi connectivity index (χ0) is 29.4. The number of thiophene rings is 1. The molecule has 0 saturated heterocycles. The average molecular weight is 600 g/mol. The monoisotopic (exact) mass is 599 g/mol. The second-order valence-corrected chi connectivity index (χ2v) is 13.5. The summed E-state index contributed by atoms with van der Waals surface area (Å²) < 4.78 is 37.6. The Kier molecular flexibility index (Phi) is 11.9. The fourth-order valence-electron chi connectivity index (χ4n) is 5.46. The molecule has 1 aromatic heterocycles. The van der Waals surface area contributed by atoms with Gasteiger partial charge in [0.05, 0.1) is 34.5 Å². The normalized spacial score (nSPS) is 21.7. The molecule has 2 aromatic rings. The maximum absolute atomic E-state index is 11.9. The highest BCUT2D eigenvalue weighted by Crippen LogP contribution is 2.64. The highest BCUT2D eigenvalue weighted by Gasteiger charge is 2.64. The smallest absolute Gasteiger partial charge is 0.369 e. The van der Waals surface area contributed by atoms with Gasteiger partial charge >= 0.3 is 5.97 Å². The van der Waals surface area contributed by atoms with Crippen LogP contribution in [0.15, 0.2) is 41.8 Å². The number of fused-ring (bicyclic) bond motifs is 2. The van der Waals surface area contributed by atoms with Crippen molar-refractivity contribution >= 4 is 50.6 Å². The van der Waals surface area contributed by atoms with Gasteiger partial charge in [-0.05, 0) is 55.5 Å². The van der Waals surface area contributed by atoms with Crippen LogP contribution in [0.2, 0.25) is 5.02 Å². The third kappa shape index (κ3) is 8.69. The minimum absolute atomic E-state index is 0.0248. The molecule has 11 heteroatoms. The van der Waals surface area contributed by atoms with Crippen LogP contribution >= 0.6 is 22.9 Å². The lowest BCUT2D eigenvalue weighted by molar-refractivity contribution is -0.683. The summed E-state index contributed by atoms with van der Waals surface area (Å²) in [7, 11) is -2.92. The third-order valence-corrected chi connectivity index (χ3v) is 9.76. The predicted octanol–water partition coefficient (Wildman–Crippen LogP) is 3.94. The van der Waals surface area contributed by atoms with Crippen molar-refractivity contribution in [2.24, 2.45) is 16.7 Å². The highest BCUT2D eigenvalue weighted by atomic mass is 35.5. The lowest BCUT2D eigenvalue weighted by atomic mass is 9.70. The van der Waals surface area contributed by atoms with E-state index in [1.807, 2.05) is 43.4 Å². The number of quaternary nitrogens is 1. The number of halogens is 1. The van der Waals surface area contributed by atoms with Gasteiger partial charge in [-0.1, -0.05) is 49.7 Å². The van der Waals surface area contributed by atoms with E-state index in [0.717, 1.165) is 24.9 Å². The number of hydrogen-bond donors (Lipinski definition) is 1. The molecule has 39 heavy (non-hydrogen) atoms. The summed E-state index contributed by atoms with van der Waals surface area (Å²) in [6.45, 7) is 7.70. The molecule has 2 aliphatic rings. The summed E-state index contributed by atoms with van der Waals surface area (Å²) in [5.74, 6) is -0.387. The van der Waals surface area contributed by atoms with Gasteiger partial charge in [0.1, 0.15) is 11.6 Å². The molecule has 2 bridgehead atoms. The Morgan fingerprint density at radius 1 is 1.21 bits per heavy atom. The SMILES string of the molecule is CC(C)=O.CC1(C)[C@H]2CC[C@]1(CS(=O)(=O)[O-])C(=O)C2.COC(=O)[C@H]([NH2+]CCc1cccs1)c1ccccc1Cl. The molecular formula is C28H38ClNO7S2. The molecule has 2 fully saturated rings. The van der Waals surface area contributed by atoms with Gasteiger partial charge in [-0.3, -0.25) is 4.79 Å². The first kappa shape index (κ1) is 33.1. The summed E-state index contributed by atoms with van der Waals surface area (Å²) in [5.41, 5.74) is -0.424. The van der Waals surface area contributed by atoms with Crippen LogP contribution in [0, 0.1) is 16.7 Å². The fourth-order valence-corrected chi connectivity index (χ4v) is 7.72. The van der Waals surface area contributed by atoms with Crippen LogP contribution in [-0.4, -0.2) is 49.9 Å². The molecular weight excluding hydrogens is 562 g/mol. The van der Waals surface area contributed by atoms with Gasteiger partial charge in [0.15, 0.2) is 0 Å². The largest absolute Gasteiger partial charge is 0.748 e. The van der Waals surface area contributed by atoms with Crippen molar-refractivity contribution in [2.75, 3.05) is 19.4 Å². The second kappa shape index (κ2) is 14.0. The molecule has 1 aromatic carbocycles. The quantitative estimate of drug-likeness (QED) is 0.359. The number of rotatable bonds is 8. The van der Waals surface area contributed by atoms with Crippen molar-refractivity contribution in [3.8, 4) is 0 Å². The number of carbonyl (C=O) groups is 3. The first-order valence-corrected chi connectivity index (χ1v) is 15.6. The van der Waals surface area contributed by atoms with Gasteiger partial charge in [0, 0.05) is 28.7 Å². The molecule has 2 aliphatic carbocycles. The van der Waals surface area contributed by atoms with Crippen LogP contribution in [0.5, 0.6) is 0 Å². The first-order valence-electron chi connectivity index (χ1n) is 12.8. The van der Waals surface area contributed by atoms with E-state index in [1.165, 1.54) is 25.8 Å². The van der Waals surface area contributed by atoms with Crippen LogP contribution in [0.4, 0.5) is 0 Å². The Hall–Kier alpha value is -2.11. The average Bonchev–Trinajstić information content (AvgIpc) is 3.48. The highest BCUT2D eigenvalue weighted by molar-refractivity contribution is 7.85. The van der Waals surface area contributed by atoms with Crippen molar-refractivity contribution in [2.45, 2.75) is 59.4 Å². The number of methoxy groups -OCH3 is 1. The number of esters is 1. The van der Waals surface area contributed by atoms with E-state index in [0.29, 0.717) is 17.9 Å². The van der Waals surface area contributed by atoms with E-state index in [2.05, 4.69) is 11.4 Å². The summed E-state index contributed by atoms with van der Waals surface area (Å²) in [6.07, 6.45) is 2.80. The minimum atomic E-state index is -4.33. The number of ketones is 2. The van der Waals surface area contributed by atoms with E-state index in [-0.39, 0.29) is 28.9 Å². The molecule has 0 radical (unpaired) electrons. The zero-order valence-corrected chi connectivity index (χ0v) is 25.5. The summed E-state index contributed by atoms with van der Waals surface area (Å²) in [4.78, 5) is 34.5. The fraction of sp³-hybridized carbons (Fsp3) is 0.536. The summed E-state index contributed by atoms with van der Waals surface area (Å²) in [5, 5.41) is 4.63. The molecule has 4 rings (SSSR count). The maximum Gasteiger partial charge on any atom is 0.369 e. The summed E-state index contributed by atoms with van der Waals surface area (Å²) >= 11 is 7.90. The van der Waals surface area contributed by atoms with Gasteiger partial charge in [-0.15, -0.1) is 11.3 Å². The van der Waals surface area contributed by atoms with Crippen LogP contribution in [0.25, 0.3) is 0 Å². The summed E-state index contributed by atoms with van der Waals surface area (Å²) in [6, 6.07) is 11.1. The standard InChI is InChI=1S/C15H16ClNO2S.C10H16O4S.C3H6O/c1-19-15(18)14(12-6-2-3-7-13(12)16)17-9-8-11-5-4-10-20-11;1-9(2)7-3-4-10(9,8(11)5-7)6-15(12,13)14;1-3(2)4/h2-7,10,14,17H,8-9H2,1H3;7H,3-6H2,1-2H3,(H,12,13,14);1-2H3/t14-;7-,10-;/m10./s1. The second-order valence-electron chi connectivity index (χ2n) is 10.7. The lowest BCUT2D eigenvalue weighted by Crippen LogP contribution is -2.87. The molecule has 2 N–H and O–H groups in total. The Bertz CT molecular complexity index is 1240. The topological polar surface area (TPSA) is 134 Å². The first-order chi connectivity index (χ1) is 18.1. The maximum atomic E-state index is 11.9. The molecule has 3 atom stereocenters. The van der Waals surface area contributed by atoms with E-state index in [9.17, 15) is 27.4 Å². The Morgan fingerprint density at radius 2 is 1.85 bits per heavy atom. The zero-order valence-electron chi connectivity index (χ0n) is 23.1. The number of nitrogens with two attached hydrogens (primary N) is 1. The van der Waals surface area contributed by atoms with Crippen molar-refractivity contribution in [1.82, 2.24) is 0 Å². The Morgan fingerprint density at radius 3 is 2.31 bits per heavy atom. The van der Waals surface area contributed by atoms with Crippen LogP contribution < -0.4 is 5.32 Å². The molecule has 0 aliphatic heterocycles.